The summed E-state index contributed by atoms with van der Waals surface area (Å²) < 4.78 is 11.4. The van der Waals surface area contributed by atoms with Crippen LogP contribution in [0.1, 0.15) is 37.5 Å². The average Bonchev–Trinajstić information content (AvgIpc) is 3.08. The second-order valence-corrected chi connectivity index (χ2v) is 7.98. The first-order valence-corrected chi connectivity index (χ1v) is 9.93. The van der Waals surface area contributed by atoms with Crippen molar-refractivity contribution in [1.82, 2.24) is 5.32 Å². The molecule has 0 radical (unpaired) electrons. The van der Waals surface area contributed by atoms with E-state index >= 15 is 0 Å². The van der Waals surface area contributed by atoms with Crippen molar-refractivity contribution in [2.45, 2.75) is 34.6 Å². The Kier molecular flexibility index (Phi) is 6.12. The van der Waals surface area contributed by atoms with Crippen LogP contribution in [0.2, 0.25) is 0 Å². The minimum Gasteiger partial charge on any atom is -0.496 e. The Morgan fingerprint density at radius 1 is 1.17 bits per heavy atom. The first-order valence-electron chi connectivity index (χ1n) is 9.93. The van der Waals surface area contributed by atoms with Crippen LogP contribution in [0.4, 0.5) is 0 Å². The van der Waals surface area contributed by atoms with E-state index in [0.29, 0.717) is 18.2 Å². The lowest BCUT2D eigenvalue weighted by Gasteiger charge is -2.11. The summed E-state index contributed by atoms with van der Waals surface area (Å²) in [5, 5.41) is 3.93. The maximum absolute atomic E-state index is 12.3. The van der Waals surface area contributed by atoms with Gasteiger partial charge in [0.2, 0.25) is 5.91 Å². The third kappa shape index (κ3) is 4.53. The molecule has 0 fully saturated rings. The SMILES string of the molecule is COc1cc2occ(-c3ccc(C)cc3C)c2cc1/C(C)=C/C(=O)NCC(C)C. The number of nitrogens with one attached hydrogen (secondary N) is 1. The summed E-state index contributed by atoms with van der Waals surface area (Å²) in [7, 11) is 1.63. The molecule has 1 heterocycles. The van der Waals surface area contributed by atoms with Crippen LogP contribution >= 0.6 is 0 Å². The van der Waals surface area contributed by atoms with E-state index in [1.807, 2.05) is 19.1 Å². The smallest absolute Gasteiger partial charge is 0.244 e. The van der Waals surface area contributed by atoms with Crippen molar-refractivity contribution >= 4 is 22.4 Å². The average molecular weight is 392 g/mol. The van der Waals surface area contributed by atoms with Crippen molar-refractivity contribution in [3.8, 4) is 16.9 Å². The van der Waals surface area contributed by atoms with E-state index in [0.717, 1.165) is 33.2 Å². The Labute approximate surface area is 172 Å². The number of rotatable bonds is 6. The molecule has 3 aromatic rings. The van der Waals surface area contributed by atoms with Gasteiger partial charge in [-0.05, 0) is 49.5 Å². The number of methoxy groups -OCH3 is 1. The lowest BCUT2D eigenvalue weighted by Crippen LogP contribution is -2.25. The Bertz CT molecular complexity index is 1070. The molecule has 0 spiro atoms. The molecule has 152 valence electrons. The molecule has 0 bridgehead atoms. The summed E-state index contributed by atoms with van der Waals surface area (Å²) in [4.78, 5) is 12.3. The predicted octanol–water partition coefficient (Wildman–Crippen LogP) is 5.90. The van der Waals surface area contributed by atoms with Crippen LogP contribution in [-0.2, 0) is 4.79 Å². The molecule has 0 aliphatic carbocycles. The van der Waals surface area contributed by atoms with Gasteiger partial charge in [-0.3, -0.25) is 4.79 Å². The van der Waals surface area contributed by atoms with Gasteiger partial charge in [0.1, 0.15) is 11.3 Å². The minimum atomic E-state index is -0.0971. The van der Waals surface area contributed by atoms with E-state index in [1.165, 1.54) is 11.1 Å². The van der Waals surface area contributed by atoms with Gasteiger partial charge in [0.15, 0.2) is 0 Å². The van der Waals surface area contributed by atoms with Crippen molar-refractivity contribution in [1.29, 1.82) is 0 Å². The molecule has 4 heteroatoms. The summed E-state index contributed by atoms with van der Waals surface area (Å²) in [6.07, 6.45) is 3.42. The largest absolute Gasteiger partial charge is 0.496 e. The number of furan rings is 1. The van der Waals surface area contributed by atoms with Gasteiger partial charge in [-0.25, -0.2) is 0 Å². The van der Waals surface area contributed by atoms with E-state index < -0.39 is 0 Å². The van der Waals surface area contributed by atoms with Gasteiger partial charge < -0.3 is 14.5 Å². The number of aryl methyl sites for hydroxylation is 2. The lowest BCUT2D eigenvalue weighted by atomic mass is 9.96. The van der Waals surface area contributed by atoms with Crippen LogP contribution in [0.3, 0.4) is 0 Å². The summed E-state index contributed by atoms with van der Waals surface area (Å²) in [5.74, 6) is 0.995. The second kappa shape index (κ2) is 8.56. The van der Waals surface area contributed by atoms with E-state index in [4.69, 9.17) is 9.15 Å². The Morgan fingerprint density at radius 3 is 2.59 bits per heavy atom. The normalized spacial score (nSPS) is 11.9. The van der Waals surface area contributed by atoms with Crippen LogP contribution in [0.15, 0.2) is 47.1 Å². The number of allylic oxidation sites excluding steroid dienone is 1. The Balaban J connectivity index is 2.06. The van der Waals surface area contributed by atoms with E-state index in [-0.39, 0.29) is 5.91 Å². The third-order valence-corrected chi connectivity index (χ3v) is 5.02. The van der Waals surface area contributed by atoms with Gasteiger partial charge in [0, 0.05) is 35.2 Å². The molecular weight excluding hydrogens is 362 g/mol. The molecule has 0 saturated carbocycles. The number of carbonyl (C=O) groups is 1. The van der Waals surface area contributed by atoms with Crippen LogP contribution in [0.25, 0.3) is 27.7 Å². The topological polar surface area (TPSA) is 51.5 Å². The number of hydrogen-bond acceptors (Lipinski definition) is 3. The fourth-order valence-corrected chi connectivity index (χ4v) is 3.49. The molecule has 29 heavy (non-hydrogen) atoms. The van der Waals surface area contributed by atoms with E-state index in [1.54, 1.807) is 19.4 Å². The van der Waals surface area contributed by atoms with Crippen molar-refractivity contribution in [2.24, 2.45) is 5.92 Å². The minimum absolute atomic E-state index is 0.0971. The van der Waals surface area contributed by atoms with Crippen LogP contribution < -0.4 is 10.1 Å². The summed E-state index contributed by atoms with van der Waals surface area (Å²) >= 11 is 0. The summed E-state index contributed by atoms with van der Waals surface area (Å²) in [6, 6.07) is 10.3. The van der Waals surface area contributed by atoms with Crippen molar-refractivity contribution in [3.63, 3.8) is 0 Å². The predicted molar refractivity (Wildman–Crippen MR) is 119 cm³/mol. The Hall–Kier alpha value is -3.01. The maximum Gasteiger partial charge on any atom is 0.244 e. The molecule has 0 saturated heterocycles. The van der Waals surface area contributed by atoms with Gasteiger partial charge in [0.25, 0.3) is 0 Å². The monoisotopic (exact) mass is 391 g/mol. The highest BCUT2D eigenvalue weighted by Gasteiger charge is 2.16. The van der Waals surface area contributed by atoms with Gasteiger partial charge in [0.05, 0.1) is 13.4 Å². The second-order valence-electron chi connectivity index (χ2n) is 7.98. The number of benzene rings is 2. The standard InChI is InChI=1S/C25H29NO3/c1-15(2)13-26-25(27)10-18(5)20-11-21-22(14-29-24(21)12-23(20)28-6)19-8-7-16(3)9-17(19)4/h7-12,14-15H,13H2,1-6H3,(H,26,27)/b18-10+. The molecular formula is C25H29NO3. The first-order chi connectivity index (χ1) is 13.8. The first kappa shape index (κ1) is 20.7. The van der Waals surface area contributed by atoms with Gasteiger partial charge in [-0.1, -0.05) is 37.6 Å². The van der Waals surface area contributed by atoms with Gasteiger partial charge in [-0.15, -0.1) is 0 Å². The summed E-state index contributed by atoms with van der Waals surface area (Å²) in [5.41, 5.74) is 7.10. The van der Waals surface area contributed by atoms with Crippen LogP contribution in [0.5, 0.6) is 5.75 Å². The van der Waals surface area contributed by atoms with Crippen molar-refractivity contribution in [2.75, 3.05) is 13.7 Å². The number of ether oxygens (including phenoxy) is 1. The molecule has 2 aromatic carbocycles. The highest BCUT2D eigenvalue weighted by atomic mass is 16.5. The van der Waals surface area contributed by atoms with Gasteiger partial charge in [-0.2, -0.15) is 0 Å². The lowest BCUT2D eigenvalue weighted by molar-refractivity contribution is -0.116. The van der Waals surface area contributed by atoms with Gasteiger partial charge >= 0.3 is 0 Å². The highest BCUT2D eigenvalue weighted by Crippen LogP contribution is 2.38. The highest BCUT2D eigenvalue weighted by molar-refractivity contribution is 6.00. The van der Waals surface area contributed by atoms with Crippen molar-refractivity contribution < 1.29 is 13.9 Å². The zero-order chi connectivity index (χ0) is 21.1. The van der Waals surface area contributed by atoms with Crippen LogP contribution in [0, 0.1) is 19.8 Å². The number of fused-ring (bicyclic) bond motifs is 1. The fourth-order valence-electron chi connectivity index (χ4n) is 3.49. The number of hydrogen-bond donors (Lipinski definition) is 1. The number of amides is 1. The molecule has 0 unspecified atom stereocenters. The maximum atomic E-state index is 12.3. The molecule has 0 atom stereocenters. The molecule has 0 aliphatic rings. The zero-order valence-electron chi connectivity index (χ0n) is 18.1. The molecule has 1 N–H and O–H groups in total. The molecule has 1 aromatic heterocycles. The van der Waals surface area contributed by atoms with Crippen LogP contribution in [-0.4, -0.2) is 19.6 Å². The molecule has 1 amide bonds. The molecule has 0 aliphatic heterocycles. The molecule has 4 nitrogen and oxygen atoms in total. The third-order valence-electron chi connectivity index (χ3n) is 5.02. The van der Waals surface area contributed by atoms with Crippen molar-refractivity contribution in [3.05, 3.63) is 59.4 Å². The van der Waals surface area contributed by atoms with E-state index in [9.17, 15) is 4.79 Å². The Morgan fingerprint density at radius 2 is 1.93 bits per heavy atom. The zero-order valence-corrected chi connectivity index (χ0v) is 18.1. The molecule has 3 rings (SSSR count). The summed E-state index contributed by atoms with van der Waals surface area (Å²) in [6.45, 7) is 10.9. The fraction of sp³-hybridized carbons (Fsp3) is 0.320. The number of carbonyl (C=O) groups excluding carboxylic acids is 1. The van der Waals surface area contributed by atoms with E-state index in [2.05, 4.69) is 51.2 Å². The quantitative estimate of drug-likeness (QED) is 0.532.